The standard InChI is InChI=1S/C20H24ClN3O4S/c1-14-6-8-16(9-7-14)19(24-15(2)25)13-20(26)22-10-11-23-29(27,28)18-5-3-4-17(21)12-18/h3-9,12,19,23H,10-11,13H2,1-2H3,(H,22,26)(H,24,25). The molecule has 0 spiro atoms. The van der Waals surface area contributed by atoms with Crippen LogP contribution in [0.25, 0.3) is 0 Å². The predicted molar refractivity (Wildman–Crippen MR) is 112 cm³/mol. The van der Waals surface area contributed by atoms with Crippen molar-refractivity contribution in [2.24, 2.45) is 0 Å². The van der Waals surface area contributed by atoms with E-state index in [1.807, 2.05) is 31.2 Å². The van der Waals surface area contributed by atoms with Crippen LogP contribution < -0.4 is 15.4 Å². The Kier molecular flexibility index (Phi) is 8.19. The first-order valence-electron chi connectivity index (χ1n) is 9.03. The highest BCUT2D eigenvalue weighted by Crippen LogP contribution is 2.18. The second kappa shape index (κ2) is 10.4. The topological polar surface area (TPSA) is 104 Å². The molecule has 9 heteroatoms. The zero-order chi connectivity index (χ0) is 21.4. The molecule has 0 saturated heterocycles. The van der Waals surface area contributed by atoms with Gasteiger partial charge in [0.1, 0.15) is 0 Å². The molecule has 0 fully saturated rings. The Hall–Kier alpha value is -2.42. The number of hydrogen-bond donors (Lipinski definition) is 3. The molecule has 29 heavy (non-hydrogen) atoms. The molecule has 7 nitrogen and oxygen atoms in total. The lowest BCUT2D eigenvalue weighted by atomic mass is 10.0. The third kappa shape index (κ3) is 7.49. The molecule has 1 unspecified atom stereocenters. The number of hydrogen-bond acceptors (Lipinski definition) is 4. The fraction of sp³-hybridized carbons (Fsp3) is 0.300. The average Bonchev–Trinajstić information content (AvgIpc) is 2.65. The molecule has 2 aromatic carbocycles. The molecule has 0 saturated carbocycles. The van der Waals surface area contributed by atoms with Gasteiger partial charge in [-0.2, -0.15) is 0 Å². The average molecular weight is 438 g/mol. The lowest BCUT2D eigenvalue weighted by molar-refractivity contribution is -0.122. The van der Waals surface area contributed by atoms with Crippen molar-refractivity contribution < 1.29 is 18.0 Å². The van der Waals surface area contributed by atoms with Gasteiger partial charge in [0.25, 0.3) is 0 Å². The molecule has 0 aliphatic carbocycles. The highest BCUT2D eigenvalue weighted by atomic mass is 35.5. The van der Waals surface area contributed by atoms with Gasteiger partial charge in [-0.15, -0.1) is 0 Å². The maximum atomic E-state index is 12.3. The molecule has 2 aromatic rings. The number of benzene rings is 2. The predicted octanol–water partition coefficient (Wildman–Crippen LogP) is 2.31. The number of sulfonamides is 1. The van der Waals surface area contributed by atoms with Crippen LogP contribution in [0, 0.1) is 6.92 Å². The molecule has 1 atom stereocenters. The Morgan fingerprint density at radius 3 is 2.38 bits per heavy atom. The van der Waals surface area contributed by atoms with E-state index < -0.39 is 16.1 Å². The normalized spacial score (nSPS) is 12.2. The van der Waals surface area contributed by atoms with E-state index in [2.05, 4.69) is 15.4 Å². The number of rotatable bonds is 9. The van der Waals surface area contributed by atoms with Crippen LogP contribution in [0.2, 0.25) is 5.02 Å². The Morgan fingerprint density at radius 2 is 1.76 bits per heavy atom. The summed E-state index contributed by atoms with van der Waals surface area (Å²) in [5.74, 6) is -0.538. The van der Waals surface area contributed by atoms with Gasteiger partial charge >= 0.3 is 0 Å². The summed E-state index contributed by atoms with van der Waals surface area (Å²) in [4.78, 5) is 23.8. The van der Waals surface area contributed by atoms with Crippen LogP contribution in [0.5, 0.6) is 0 Å². The highest BCUT2D eigenvalue weighted by Gasteiger charge is 2.17. The van der Waals surface area contributed by atoms with E-state index in [9.17, 15) is 18.0 Å². The van der Waals surface area contributed by atoms with Crippen molar-refractivity contribution in [1.82, 2.24) is 15.4 Å². The number of nitrogens with one attached hydrogen (secondary N) is 3. The second-order valence-electron chi connectivity index (χ2n) is 6.57. The summed E-state index contributed by atoms with van der Waals surface area (Å²) in [7, 11) is -3.71. The van der Waals surface area contributed by atoms with Crippen molar-refractivity contribution in [2.45, 2.75) is 31.2 Å². The van der Waals surface area contributed by atoms with E-state index in [1.54, 1.807) is 12.1 Å². The molecule has 0 radical (unpaired) electrons. The van der Waals surface area contributed by atoms with E-state index in [1.165, 1.54) is 19.1 Å². The molecular weight excluding hydrogens is 414 g/mol. The summed E-state index contributed by atoms with van der Waals surface area (Å²) >= 11 is 5.82. The Morgan fingerprint density at radius 1 is 1.07 bits per heavy atom. The SMILES string of the molecule is CC(=O)NC(CC(=O)NCCNS(=O)(=O)c1cccc(Cl)c1)c1ccc(C)cc1. The number of carbonyl (C=O) groups is 2. The molecule has 2 amide bonds. The van der Waals surface area contributed by atoms with E-state index in [0.717, 1.165) is 11.1 Å². The first kappa shape index (κ1) is 22.9. The number of halogens is 1. The Bertz CT molecular complexity index is 962. The second-order valence-corrected chi connectivity index (χ2v) is 8.78. The van der Waals surface area contributed by atoms with Crippen LogP contribution in [0.3, 0.4) is 0 Å². The summed E-state index contributed by atoms with van der Waals surface area (Å²) in [5.41, 5.74) is 1.90. The van der Waals surface area contributed by atoms with Gasteiger partial charge in [-0.05, 0) is 30.7 Å². The number of aryl methyl sites for hydroxylation is 1. The van der Waals surface area contributed by atoms with Crippen molar-refractivity contribution in [1.29, 1.82) is 0 Å². The van der Waals surface area contributed by atoms with Crippen LogP contribution >= 0.6 is 11.6 Å². The third-order valence-corrected chi connectivity index (χ3v) is 5.79. The molecule has 0 heterocycles. The quantitative estimate of drug-likeness (QED) is 0.523. The zero-order valence-corrected chi connectivity index (χ0v) is 17.8. The zero-order valence-electron chi connectivity index (χ0n) is 16.2. The smallest absolute Gasteiger partial charge is 0.240 e. The minimum Gasteiger partial charge on any atom is -0.355 e. The molecule has 0 bridgehead atoms. The van der Waals surface area contributed by atoms with Crippen molar-refractivity contribution in [2.75, 3.05) is 13.1 Å². The maximum Gasteiger partial charge on any atom is 0.240 e. The molecule has 2 rings (SSSR count). The van der Waals surface area contributed by atoms with E-state index in [0.29, 0.717) is 5.02 Å². The summed E-state index contributed by atoms with van der Waals surface area (Å²) in [5, 5.41) is 5.74. The minimum atomic E-state index is -3.71. The van der Waals surface area contributed by atoms with Gasteiger partial charge < -0.3 is 10.6 Å². The van der Waals surface area contributed by atoms with Gasteiger partial charge in [-0.3, -0.25) is 9.59 Å². The maximum absolute atomic E-state index is 12.3. The monoisotopic (exact) mass is 437 g/mol. The van der Waals surface area contributed by atoms with Gasteiger partial charge in [0, 0.05) is 25.0 Å². The molecule has 0 aliphatic heterocycles. The van der Waals surface area contributed by atoms with Gasteiger partial charge in [-0.1, -0.05) is 47.5 Å². The molecular formula is C20H24ClN3O4S. The van der Waals surface area contributed by atoms with Crippen LogP contribution in [0.15, 0.2) is 53.4 Å². The van der Waals surface area contributed by atoms with Gasteiger partial charge in [0.2, 0.25) is 21.8 Å². The minimum absolute atomic E-state index is 0.0237. The van der Waals surface area contributed by atoms with E-state index >= 15 is 0 Å². The largest absolute Gasteiger partial charge is 0.355 e. The molecule has 0 aromatic heterocycles. The van der Waals surface area contributed by atoms with E-state index in [-0.39, 0.29) is 36.2 Å². The van der Waals surface area contributed by atoms with Crippen molar-refractivity contribution in [3.05, 3.63) is 64.7 Å². The Balaban J connectivity index is 1.87. The summed E-state index contributed by atoms with van der Waals surface area (Å²) in [6.45, 7) is 3.48. The number of amides is 2. The summed E-state index contributed by atoms with van der Waals surface area (Å²) in [6, 6.07) is 13.0. The van der Waals surface area contributed by atoms with Crippen LogP contribution in [0.4, 0.5) is 0 Å². The van der Waals surface area contributed by atoms with Crippen LogP contribution in [-0.2, 0) is 19.6 Å². The van der Waals surface area contributed by atoms with Crippen molar-refractivity contribution in [3.63, 3.8) is 0 Å². The summed E-state index contributed by atoms with van der Waals surface area (Å²) < 4.78 is 26.8. The van der Waals surface area contributed by atoms with Crippen LogP contribution in [-0.4, -0.2) is 33.3 Å². The molecule has 156 valence electrons. The van der Waals surface area contributed by atoms with Crippen LogP contribution in [0.1, 0.15) is 30.5 Å². The third-order valence-electron chi connectivity index (χ3n) is 4.09. The lowest BCUT2D eigenvalue weighted by Gasteiger charge is -2.18. The first-order chi connectivity index (χ1) is 13.7. The fourth-order valence-corrected chi connectivity index (χ4v) is 3.99. The van der Waals surface area contributed by atoms with Gasteiger partial charge in [-0.25, -0.2) is 13.1 Å². The van der Waals surface area contributed by atoms with Gasteiger partial charge in [0.15, 0.2) is 0 Å². The summed E-state index contributed by atoms with van der Waals surface area (Å²) in [6.07, 6.45) is 0.0453. The van der Waals surface area contributed by atoms with Crippen molar-refractivity contribution in [3.8, 4) is 0 Å². The highest BCUT2D eigenvalue weighted by molar-refractivity contribution is 7.89. The fourth-order valence-electron chi connectivity index (χ4n) is 2.66. The first-order valence-corrected chi connectivity index (χ1v) is 10.9. The molecule has 3 N–H and O–H groups in total. The van der Waals surface area contributed by atoms with Gasteiger partial charge in [0.05, 0.1) is 17.4 Å². The number of carbonyl (C=O) groups excluding carboxylic acids is 2. The molecule has 0 aliphatic rings. The van der Waals surface area contributed by atoms with E-state index in [4.69, 9.17) is 11.6 Å². The van der Waals surface area contributed by atoms with Crippen molar-refractivity contribution >= 4 is 33.4 Å². The Labute approximate surface area is 175 Å². The lowest BCUT2D eigenvalue weighted by Crippen LogP contribution is -2.37.